The predicted molar refractivity (Wildman–Crippen MR) is 108 cm³/mol. The van der Waals surface area contributed by atoms with Gasteiger partial charge in [0.1, 0.15) is 17.5 Å². The van der Waals surface area contributed by atoms with E-state index >= 15 is 0 Å². The molecule has 2 N–H and O–H groups in total. The second-order valence-electron chi connectivity index (χ2n) is 8.49. The Hall–Kier alpha value is -2.28. The topological polar surface area (TPSA) is 79.9 Å². The van der Waals surface area contributed by atoms with E-state index in [9.17, 15) is 9.59 Å². The lowest BCUT2D eigenvalue weighted by Crippen LogP contribution is -2.44. The Balaban J connectivity index is 1.43. The third-order valence-electron chi connectivity index (χ3n) is 4.95. The lowest BCUT2D eigenvalue weighted by Gasteiger charge is -2.33. The Morgan fingerprint density at radius 1 is 1.11 bits per heavy atom. The molecule has 0 bridgehead atoms. The third kappa shape index (κ3) is 5.86. The van der Waals surface area contributed by atoms with E-state index in [1.54, 1.807) is 4.90 Å². The highest BCUT2D eigenvalue weighted by atomic mass is 16.6. The summed E-state index contributed by atoms with van der Waals surface area (Å²) in [4.78, 5) is 26.0. The molecule has 2 aliphatic heterocycles. The van der Waals surface area contributed by atoms with E-state index in [0.29, 0.717) is 13.1 Å². The Morgan fingerprint density at radius 2 is 1.79 bits per heavy atom. The molecule has 1 atom stereocenters. The number of amides is 2. The predicted octanol–water partition coefficient (Wildman–Crippen LogP) is 3.01. The van der Waals surface area contributed by atoms with Crippen LogP contribution in [0.25, 0.3) is 0 Å². The molecule has 7 heteroatoms. The number of benzene rings is 1. The molecule has 2 aliphatic rings. The van der Waals surface area contributed by atoms with Crippen LogP contribution < -0.4 is 15.4 Å². The van der Waals surface area contributed by atoms with E-state index in [4.69, 9.17) is 9.47 Å². The lowest BCUT2D eigenvalue weighted by atomic mass is 10.1. The first-order valence-corrected chi connectivity index (χ1v) is 10.1. The van der Waals surface area contributed by atoms with E-state index in [0.717, 1.165) is 43.8 Å². The van der Waals surface area contributed by atoms with Gasteiger partial charge in [0.05, 0.1) is 5.92 Å². The normalized spacial score (nSPS) is 20.7. The second-order valence-corrected chi connectivity index (χ2v) is 8.49. The van der Waals surface area contributed by atoms with Crippen molar-refractivity contribution >= 4 is 17.7 Å². The van der Waals surface area contributed by atoms with Crippen LogP contribution in [0, 0.1) is 5.92 Å². The number of anilines is 1. The Kier molecular flexibility index (Phi) is 6.44. The SMILES string of the molecule is CC(C)(C)OC(=O)N1CCC(Oc2ccc(NC(=O)C3CCNC3)cc2)CC1. The van der Waals surface area contributed by atoms with Crippen LogP contribution in [-0.4, -0.2) is 54.8 Å². The van der Waals surface area contributed by atoms with Crippen molar-refractivity contribution in [2.75, 3.05) is 31.5 Å². The highest BCUT2D eigenvalue weighted by Gasteiger charge is 2.27. The Bertz CT molecular complexity index is 670. The summed E-state index contributed by atoms with van der Waals surface area (Å²) in [5, 5.41) is 6.16. The number of nitrogens with zero attached hydrogens (tertiary/aromatic N) is 1. The number of ether oxygens (including phenoxy) is 2. The van der Waals surface area contributed by atoms with Gasteiger partial charge in [0.25, 0.3) is 0 Å². The van der Waals surface area contributed by atoms with Gasteiger partial charge in [0, 0.05) is 38.2 Å². The van der Waals surface area contributed by atoms with Gasteiger partial charge in [-0.1, -0.05) is 0 Å². The van der Waals surface area contributed by atoms with Crippen molar-refractivity contribution in [3.63, 3.8) is 0 Å². The molecule has 0 aliphatic carbocycles. The monoisotopic (exact) mass is 389 g/mol. The molecule has 0 saturated carbocycles. The number of likely N-dealkylation sites (tertiary alicyclic amines) is 1. The van der Waals surface area contributed by atoms with Crippen LogP contribution in [0.5, 0.6) is 5.75 Å². The minimum absolute atomic E-state index is 0.0473. The van der Waals surface area contributed by atoms with Crippen molar-refractivity contribution in [3.8, 4) is 5.75 Å². The lowest BCUT2D eigenvalue weighted by molar-refractivity contribution is -0.119. The largest absolute Gasteiger partial charge is 0.490 e. The molecule has 1 aromatic rings. The summed E-state index contributed by atoms with van der Waals surface area (Å²) in [7, 11) is 0. The first-order chi connectivity index (χ1) is 13.3. The van der Waals surface area contributed by atoms with Gasteiger partial charge in [-0.15, -0.1) is 0 Å². The molecule has 0 spiro atoms. The third-order valence-corrected chi connectivity index (χ3v) is 4.95. The highest BCUT2D eigenvalue weighted by molar-refractivity contribution is 5.92. The summed E-state index contributed by atoms with van der Waals surface area (Å²) in [5.41, 5.74) is 0.305. The molecule has 2 amide bonds. The molecule has 1 unspecified atom stereocenters. The van der Waals surface area contributed by atoms with Crippen LogP contribution >= 0.6 is 0 Å². The number of nitrogens with one attached hydrogen (secondary N) is 2. The number of hydrogen-bond donors (Lipinski definition) is 2. The van der Waals surface area contributed by atoms with Gasteiger partial charge < -0.3 is 25.0 Å². The summed E-state index contributed by atoms with van der Waals surface area (Å²) >= 11 is 0. The summed E-state index contributed by atoms with van der Waals surface area (Å²) < 4.78 is 11.5. The van der Waals surface area contributed by atoms with Crippen molar-refractivity contribution in [3.05, 3.63) is 24.3 Å². The molecule has 2 fully saturated rings. The van der Waals surface area contributed by atoms with E-state index in [2.05, 4.69) is 10.6 Å². The summed E-state index contributed by atoms with van der Waals surface area (Å²) in [5.74, 6) is 0.885. The average molecular weight is 389 g/mol. The van der Waals surface area contributed by atoms with Gasteiger partial charge in [-0.2, -0.15) is 0 Å². The van der Waals surface area contributed by atoms with Crippen LogP contribution in [0.4, 0.5) is 10.5 Å². The van der Waals surface area contributed by atoms with Crippen molar-refractivity contribution in [1.82, 2.24) is 10.2 Å². The van der Waals surface area contributed by atoms with Crippen molar-refractivity contribution < 1.29 is 19.1 Å². The smallest absolute Gasteiger partial charge is 0.410 e. The zero-order valence-electron chi connectivity index (χ0n) is 17.0. The van der Waals surface area contributed by atoms with Gasteiger partial charge >= 0.3 is 6.09 Å². The molecule has 0 aromatic heterocycles. The number of carbonyl (C=O) groups is 2. The van der Waals surface area contributed by atoms with Gasteiger partial charge in [-0.05, 0) is 58.0 Å². The fourth-order valence-corrected chi connectivity index (χ4v) is 3.41. The summed E-state index contributed by atoms with van der Waals surface area (Å²) in [6, 6.07) is 7.49. The highest BCUT2D eigenvalue weighted by Crippen LogP contribution is 2.23. The minimum Gasteiger partial charge on any atom is -0.490 e. The Labute approximate surface area is 166 Å². The Morgan fingerprint density at radius 3 is 2.36 bits per heavy atom. The van der Waals surface area contributed by atoms with Gasteiger partial charge in [-0.3, -0.25) is 4.79 Å². The zero-order valence-corrected chi connectivity index (χ0v) is 17.0. The van der Waals surface area contributed by atoms with E-state index < -0.39 is 5.60 Å². The van der Waals surface area contributed by atoms with E-state index in [1.807, 2.05) is 45.0 Å². The minimum atomic E-state index is -0.476. The molecule has 154 valence electrons. The van der Waals surface area contributed by atoms with Crippen molar-refractivity contribution in [2.24, 2.45) is 5.92 Å². The van der Waals surface area contributed by atoms with Crippen LogP contribution in [0.3, 0.4) is 0 Å². The van der Waals surface area contributed by atoms with Crippen LogP contribution in [-0.2, 0) is 9.53 Å². The average Bonchev–Trinajstić information content (AvgIpc) is 3.17. The zero-order chi connectivity index (χ0) is 20.1. The molecule has 0 radical (unpaired) electrons. The molecular weight excluding hydrogens is 358 g/mol. The first kappa shape index (κ1) is 20.5. The first-order valence-electron chi connectivity index (χ1n) is 10.1. The molecule has 3 rings (SSSR count). The van der Waals surface area contributed by atoms with Crippen LogP contribution in [0.2, 0.25) is 0 Å². The van der Waals surface area contributed by atoms with Gasteiger partial charge in [0.15, 0.2) is 0 Å². The quantitative estimate of drug-likeness (QED) is 0.827. The molecule has 28 heavy (non-hydrogen) atoms. The van der Waals surface area contributed by atoms with Gasteiger partial charge in [-0.25, -0.2) is 4.79 Å². The van der Waals surface area contributed by atoms with Crippen LogP contribution in [0.15, 0.2) is 24.3 Å². The number of carbonyl (C=O) groups excluding carboxylic acids is 2. The fraction of sp³-hybridized carbons (Fsp3) is 0.619. The maximum atomic E-state index is 12.2. The molecule has 2 heterocycles. The second kappa shape index (κ2) is 8.82. The standard InChI is InChI=1S/C21H31N3O4/c1-21(2,3)28-20(26)24-12-9-18(10-13-24)27-17-6-4-16(5-7-17)23-19(25)15-8-11-22-14-15/h4-7,15,18,22H,8-14H2,1-3H3,(H,23,25). The van der Waals surface area contributed by atoms with E-state index in [-0.39, 0.29) is 24.0 Å². The maximum absolute atomic E-state index is 12.2. The van der Waals surface area contributed by atoms with Crippen molar-refractivity contribution in [1.29, 1.82) is 0 Å². The molecular formula is C21H31N3O4. The van der Waals surface area contributed by atoms with E-state index in [1.165, 1.54) is 0 Å². The maximum Gasteiger partial charge on any atom is 0.410 e. The summed E-state index contributed by atoms with van der Waals surface area (Å²) in [6.45, 7) is 8.52. The number of rotatable bonds is 4. The molecule has 7 nitrogen and oxygen atoms in total. The molecule has 1 aromatic carbocycles. The number of hydrogen-bond acceptors (Lipinski definition) is 5. The van der Waals surface area contributed by atoms with Crippen molar-refractivity contribution in [2.45, 2.75) is 51.7 Å². The fourth-order valence-electron chi connectivity index (χ4n) is 3.41. The van der Waals surface area contributed by atoms with Gasteiger partial charge in [0.2, 0.25) is 5.91 Å². The van der Waals surface area contributed by atoms with Crippen LogP contribution in [0.1, 0.15) is 40.0 Å². The number of piperidine rings is 1. The summed E-state index contributed by atoms with van der Waals surface area (Å²) in [6.07, 6.45) is 2.24. The molecule has 2 saturated heterocycles.